The molecule has 0 N–H and O–H groups in total. The van der Waals surface area contributed by atoms with Crippen LogP contribution in [0.1, 0.15) is 43.2 Å². The van der Waals surface area contributed by atoms with Gasteiger partial charge in [-0.3, -0.25) is 0 Å². The summed E-state index contributed by atoms with van der Waals surface area (Å²) in [6.45, 7) is 0. The van der Waals surface area contributed by atoms with Crippen LogP contribution in [0.15, 0.2) is 164 Å². The molecule has 0 radical (unpaired) electrons. The molecule has 2 heteroatoms. The molecule has 4 bridgehead atoms. The van der Waals surface area contributed by atoms with Gasteiger partial charge in [0.05, 0.1) is 11.4 Å². The van der Waals surface area contributed by atoms with Crippen molar-refractivity contribution in [3.05, 3.63) is 175 Å². The molecule has 0 atom stereocenters. The van der Waals surface area contributed by atoms with Gasteiger partial charge in [0, 0.05) is 36.7 Å². The van der Waals surface area contributed by atoms with E-state index in [0.29, 0.717) is 11.8 Å². The Labute approximate surface area is 337 Å². The lowest BCUT2D eigenvalue weighted by Crippen LogP contribution is -2.55. The first-order valence-corrected chi connectivity index (χ1v) is 21.8. The molecule has 14 rings (SSSR count). The molecular weight excluding hydrogens is 707 g/mol. The van der Waals surface area contributed by atoms with Gasteiger partial charge in [-0.25, -0.2) is 4.98 Å². The summed E-state index contributed by atoms with van der Waals surface area (Å²) in [5, 5.41) is 5.41. The van der Waals surface area contributed by atoms with Gasteiger partial charge in [0.1, 0.15) is 0 Å². The number of aromatic nitrogens is 1. The summed E-state index contributed by atoms with van der Waals surface area (Å²) in [7, 11) is 0. The van der Waals surface area contributed by atoms with Crippen LogP contribution in [0, 0.1) is 23.7 Å². The SMILES string of the molecule is c1ccc(-c2cc(-c3ccc(-c4ccc5c(c4)sc4ccccc45)cc3)cc(-c3ccc4c(c3)C3(c5cc6ccccc6cc5-4)C4CC5CC(C4)CC3C5)n2)cc1. The highest BCUT2D eigenvalue weighted by atomic mass is 32.1. The van der Waals surface area contributed by atoms with Gasteiger partial charge >= 0.3 is 0 Å². The lowest BCUT2D eigenvalue weighted by atomic mass is 9.43. The first-order valence-electron chi connectivity index (χ1n) is 20.9. The van der Waals surface area contributed by atoms with Gasteiger partial charge in [-0.2, -0.15) is 0 Å². The van der Waals surface area contributed by atoms with Crippen molar-refractivity contribution in [1.29, 1.82) is 0 Å². The maximum absolute atomic E-state index is 5.46. The average Bonchev–Trinajstić information content (AvgIpc) is 3.77. The summed E-state index contributed by atoms with van der Waals surface area (Å²) in [4.78, 5) is 5.46. The van der Waals surface area contributed by atoms with Crippen LogP contribution in [0.5, 0.6) is 0 Å². The highest BCUT2D eigenvalue weighted by molar-refractivity contribution is 7.25. The third kappa shape index (κ3) is 4.77. The van der Waals surface area contributed by atoms with E-state index in [2.05, 4.69) is 164 Å². The predicted molar refractivity (Wildman–Crippen MR) is 240 cm³/mol. The Kier molecular flexibility index (Phi) is 6.85. The lowest BCUT2D eigenvalue weighted by Gasteiger charge is -2.61. The van der Waals surface area contributed by atoms with Crippen molar-refractivity contribution < 1.29 is 0 Å². The fourth-order valence-corrected chi connectivity index (χ4v) is 13.5. The Balaban J connectivity index is 0.943. The highest BCUT2D eigenvalue weighted by Gasteiger charge is 2.61. The molecule has 1 spiro atoms. The number of thiophene rings is 1. The van der Waals surface area contributed by atoms with Gasteiger partial charge in [0.2, 0.25) is 0 Å². The van der Waals surface area contributed by atoms with Crippen LogP contribution in [0.25, 0.3) is 86.8 Å². The summed E-state index contributed by atoms with van der Waals surface area (Å²) >= 11 is 1.88. The molecule has 5 aliphatic carbocycles. The number of fused-ring (bicyclic) bond motifs is 7. The van der Waals surface area contributed by atoms with Gasteiger partial charge in [0.25, 0.3) is 0 Å². The number of rotatable bonds is 4. The summed E-state index contributed by atoms with van der Waals surface area (Å²) in [5.74, 6) is 3.24. The van der Waals surface area contributed by atoms with Crippen LogP contribution in [-0.2, 0) is 5.41 Å². The lowest BCUT2D eigenvalue weighted by molar-refractivity contribution is -0.0398. The highest BCUT2D eigenvalue weighted by Crippen LogP contribution is 2.69. The molecule has 0 amide bonds. The van der Waals surface area contributed by atoms with Gasteiger partial charge < -0.3 is 0 Å². The van der Waals surface area contributed by atoms with Crippen LogP contribution >= 0.6 is 11.3 Å². The quantitative estimate of drug-likeness (QED) is 0.175. The second-order valence-electron chi connectivity index (χ2n) is 17.6. The molecule has 4 saturated carbocycles. The summed E-state index contributed by atoms with van der Waals surface area (Å²) in [5.41, 5.74) is 15.5. The minimum Gasteiger partial charge on any atom is -0.248 e. The fraction of sp³-hybridized carbons (Fsp3) is 0.182. The van der Waals surface area contributed by atoms with E-state index < -0.39 is 0 Å². The second-order valence-corrected chi connectivity index (χ2v) is 18.6. The third-order valence-corrected chi connectivity index (χ3v) is 15.8. The molecule has 2 aromatic heterocycles. The zero-order chi connectivity index (χ0) is 37.2. The van der Waals surface area contributed by atoms with Crippen molar-refractivity contribution >= 4 is 42.3 Å². The van der Waals surface area contributed by atoms with Crippen molar-refractivity contribution in [3.8, 4) is 55.9 Å². The van der Waals surface area contributed by atoms with E-state index >= 15 is 0 Å². The largest absolute Gasteiger partial charge is 0.248 e. The minimum absolute atomic E-state index is 0.0900. The molecule has 5 aliphatic rings. The molecule has 4 fully saturated rings. The first-order chi connectivity index (χ1) is 28.2. The molecule has 1 nitrogen and oxygen atoms in total. The third-order valence-electron chi connectivity index (χ3n) is 14.6. The molecule has 57 heavy (non-hydrogen) atoms. The summed E-state index contributed by atoms with van der Waals surface area (Å²) < 4.78 is 2.68. The topological polar surface area (TPSA) is 12.9 Å². The van der Waals surface area contributed by atoms with Crippen LogP contribution < -0.4 is 0 Å². The second kappa shape index (κ2) is 12.1. The average molecular weight is 748 g/mol. The van der Waals surface area contributed by atoms with Crippen LogP contribution in [0.4, 0.5) is 0 Å². The maximum atomic E-state index is 5.46. The zero-order valence-corrected chi connectivity index (χ0v) is 32.6. The molecule has 7 aromatic carbocycles. The molecule has 0 saturated heterocycles. The van der Waals surface area contributed by atoms with E-state index in [-0.39, 0.29) is 5.41 Å². The Hall–Kier alpha value is -5.83. The molecule has 0 unspecified atom stereocenters. The Morgan fingerprint density at radius 3 is 1.77 bits per heavy atom. The standard InChI is InChI=1S/C55H41NS/c1-2-8-37(9-3-1)51-30-42(36-16-14-35(15-17-36)40-18-21-47-46-12-6-7-13-53(46)57-54(47)32-40)31-52(56-51)41-19-20-45-48-27-38-10-4-5-11-39(38)28-50(48)55(49(45)29-41)43-23-33-22-34(25-43)26-44(55)24-33/h1-21,27-34,43-44H,22-26H2. The number of hydrogen-bond acceptors (Lipinski definition) is 2. The number of nitrogens with zero attached hydrogens (tertiary/aromatic N) is 1. The van der Waals surface area contributed by atoms with Crippen molar-refractivity contribution in [1.82, 2.24) is 4.98 Å². The Bertz CT molecular complexity index is 3050. The molecule has 272 valence electrons. The van der Waals surface area contributed by atoms with Crippen molar-refractivity contribution in [2.45, 2.75) is 37.5 Å². The molecule has 9 aromatic rings. The monoisotopic (exact) mass is 747 g/mol. The summed E-state index contributed by atoms with van der Waals surface area (Å²) in [6.07, 6.45) is 6.97. The van der Waals surface area contributed by atoms with E-state index in [0.717, 1.165) is 28.8 Å². The van der Waals surface area contributed by atoms with Crippen molar-refractivity contribution in [2.75, 3.05) is 0 Å². The van der Waals surface area contributed by atoms with Gasteiger partial charge in [-0.15, -0.1) is 11.3 Å². The van der Waals surface area contributed by atoms with Crippen LogP contribution in [0.3, 0.4) is 0 Å². The first kappa shape index (κ1) is 32.3. The molecule has 2 heterocycles. The smallest absolute Gasteiger partial charge is 0.0715 e. The normalized spacial score (nSPS) is 22.8. The van der Waals surface area contributed by atoms with E-state index in [1.807, 2.05) is 11.3 Å². The fourth-order valence-electron chi connectivity index (χ4n) is 12.4. The van der Waals surface area contributed by atoms with E-state index in [9.17, 15) is 0 Å². The van der Waals surface area contributed by atoms with Crippen molar-refractivity contribution in [3.63, 3.8) is 0 Å². The van der Waals surface area contributed by atoms with Crippen LogP contribution in [0.2, 0.25) is 0 Å². The minimum atomic E-state index is 0.0900. The number of pyridine rings is 1. The Morgan fingerprint density at radius 1 is 0.404 bits per heavy atom. The van der Waals surface area contributed by atoms with Crippen LogP contribution in [-0.4, -0.2) is 4.98 Å². The number of hydrogen-bond donors (Lipinski definition) is 0. The zero-order valence-electron chi connectivity index (χ0n) is 31.8. The van der Waals surface area contributed by atoms with Gasteiger partial charge in [0.15, 0.2) is 0 Å². The van der Waals surface area contributed by atoms with E-state index in [1.165, 1.54) is 102 Å². The van der Waals surface area contributed by atoms with Gasteiger partial charge in [-0.1, -0.05) is 121 Å². The van der Waals surface area contributed by atoms with E-state index in [1.54, 1.807) is 11.1 Å². The molecular formula is C55H41NS. The molecule has 0 aliphatic heterocycles. The van der Waals surface area contributed by atoms with E-state index in [4.69, 9.17) is 4.98 Å². The Morgan fingerprint density at radius 2 is 1.00 bits per heavy atom. The van der Waals surface area contributed by atoms with Crippen molar-refractivity contribution in [2.24, 2.45) is 23.7 Å². The van der Waals surface area contributed by atoms with Gasteiger partial charge in [-0.05, 0) is 154 Å². The number of benzene rings is 7. The maximum Gasteiger partial charge on any atom is 0.0715 e. The summed E-state index contributed by atoms with van der Waals surface area (Å²) in [6, 6.07) is 61.7. The predicted octanol–water partition coefficient (Wildman–Crippen LogP) is 15.0.